The Labute approximate surface area is 112 Å². The second kappa shape index (κ2) is 10.2. The summed E-state index contributed by atoms with van der Waals surface area (Å²) in [5, 5.41) is 14.9. The number of nitrogens with one attached hydrogen (secondary N) is 2. The van der Waals surface area contributed by atoms with Crippen molar-refractivity contribution in [1.29, 1.82) is 0 Å². The first-order valence-corrected chi connectivity index (χ1v) is 7.26. The summed E-state index contributed by atoms with van der Waals surface area (Å²) < 4.78 is 0. The van der Waals surface area contributed by atoms with E-state index >= 15 is 0 Å². The Balaban J connectivity index is 3.92. The zero-order valence-electron chi connectivity index (χ0n) is 12.2. The van der Waals surface area contributed by atoms with Crippen LogP contribution in [-0.2, 0) is 0 Å². The minimum Gasteiger partial charge on any atom is -0.396 e. The van der Waals surface area contributed by atoms with Crippen molar-refractivity contribution in [1.82, 2.24) is 10.6 Å². The number of unbranched alkanes of at least 4 members (excludes halogenated alkanes) is 2. The van der Waals surface area contributed by atoms with E-state index in [0.29, 0.717) is 6.54 Å². The summed E-state index contributed by atoms with van der Waals surface area (Å²) in [5.41, 5.74) is 0.0372. The molecule has 0 saturated carbocycles. The third kappa shape index (κ3) is 6.84. The van der Waals surface area contributed by atoms with E-state index in [4.69, 9.17) is 5.11 Å². The summed E-state index contributed by atoms with van der Waals surface area (Å²) in [5.74, 6) is 0. The van der Waals surface area contributed by atoms with Crippen molar-refractivity contribution in [2.24, 2.45) is 5.41 Å². The van der Waals surface area contributed by atoms with E-state index in [9.17, 15) is 4.79 Å². The number of aliphatic hydroxyl groups excluding tert-OH is 1. The highest BCUT2D eigenvalue weighted by molar-refractivity contribution is 5.73. The largest absolute Gasteiger partial charge is 0.396 e. The smallest absolute Gasteiger partial charge is 0.314 e. The molecule has 0 aromatic heterocycles. The third-order valence-corrected chi connectivity index (χ3v) is 3.83. The molecule has 0 aliphatic rings. The molecule has 0 rings (SSSR count). The number of hydrogen-bond donors (Lipinski definition) is 3. The highest BCUT2D eigenvalue weighted by Gasteiger charge is 2.25. The zero-order chi connectivity index (χ0) is 13.9. The molecule has 0 fully saturated rings. The molecule has 18 heavy (non-hydrogen) atoms. The van der Waals surface area contributed by atoms with E-state index in [2.05, 4.69) is 31.4 Å². The summed E-state index contributed by atoms with van der Waals surface area (Å²) in [4.78, 5) is 11.6. The van der Waals surface area contributed by atoms with Gasteiger partial charge in [-0.2, -0.15) is 0 Å². The average Bonchev–Trinajstić information content (AvgIpc) is 2.40. The summed E-state index contributed by atoms with van der Waals surface area (Å²) in [6, 6.07) is -0.0877. The number of rotatable bonds is 10. The van der Waals surface area contributed by atoms with E-state index in [0.717, 1.165) is 45.1 Å². The molecule has 4 nitrogen and oxygen atoms in total. The number of carbonyl (C=O) groups excluding carboxylic acids is 1. The second-order valence-electron chi connectivity index (χ2n) is 5.00. The van der Waals surface area contributed by atoms with Crippen LogP contribution in [0.2, 0.25) is 0 Å². The summed E-state index contributed by atoms with van der Waals surface area (Å²) in [7, 11) is 0. The van der Waals surface area contributed by atoms with Gasteiger partial charge in [0.1, 0.15) is 0 Å². The predicted molar refractivity (Wildman–Crippen MR) is 75.6 cm³/mol. The number of hydrogen-bond acceptors (Lipinski definition) is 2. The molecule has 0 aromatic rings. The molecule has 0 radical (unpaired) electrons. The molecule has 0 aliphatic carbocycles. The van der Waals surface area contributed by atoms with E-state index in [-0.39, 0.29) is 18.1 Å². The van der Waals surface area contributed by atoms with Crippen LogP contribution < -0.4 is 10.6 Å². The Hall–Kier alpha value is -0.770. The molecule has 0 bridgehead atoms. The van der Waals surface area contributed by atoms with Gasteiger partial charge in [-0.1, -0.05) is 33.6 Å². The topological polar surface area (TPSA) is 61.4 Å². The van der Waals surface area contributed by atoms with Crippen molar-refractivity contribution >= 4 is 6.03 Å². The lowest BCUT2D eigenvalue weighted by Crippen LogP contribution is -2.43. The molecule has 0 heterocycles. The van der Waals surface area contributed by atoms with Crippen molar-refractivity contribution in [3.63, 3.8) is 0 Å². The van der Waals surface area contributed by atoms with Gasteiger partial charge in [0, 0.05) is 19.7 Å². The van der Waals surface area contributed by atoms with Crippen LogP contribution in [0.5, 0.6) is 0 Å². The van der Waals surface area contributed by atoms with Crippen LogP contribution in [0.4, 0.5) is 4.79 Å². The van der Waals surface area contributed by atoms with Gasteiger partial charge in [0.05, 0.1) is 0 Å². The first-order chi connectivity index (χ1) is 8.64. The van der Waals surface area contributed by atoms with Gasteiger partial charge in [-0.15, -0.1) is 0 Å². The van der Waals surface area contributed by atoms with Gasteiger partial charge >= 0.3 is 6.03 Å². The molecular formula is C14H30N2O2. The van der Waals surface area contributed by atoms with Gasteiger partial charge in [0.2, 0.25) is 0 Å². The second-order valence-corrected chi connectivity index (χ2v) is 5.00. The average molecular weight is 258 g/mol. The lowest BCUT2D eigenvalue weighted by molar-refractivity contribution is 0.163. The van der Waals surface area contributed by atoms with E-state index in [1.807, 2.05) is 0 Å². The fourth-order valence-corrected chi connectivity index (χ4v) is 2.09. The molecule has 3 N–H and O–H groups in total. The molecule has 0 aliphatic heterocycles. The van der Waals surface area contributed by atoms with Gasteiger partial charge in [-0.25, -0.2) is 4.79 Å². The Morgan fingerprint density at radius 3 is 2.28 bits per heavy atom. The third-order valence-electron chi connectivity index (χ3n) is 3.83. The highest BCUT2D eigenvalue weighted by atomic mass is 16.3. The number of amides is 2. The van der Waals surface area contributed by atoms with Crippen LogP contribution >= 0.6 is 0 Å². The summed E-state index contributed by atoms with van der Waals surface area (Å²) >= 11 is 0. The Morgan fingerprint density at radius 1 is 1.11 bits per heavy atom. The van der Waals surface area contributed by atoms with E-state index in [1.54, 1.807) is 0 Å². The molecule has 0 aromatic carbocycles. The number of carbonyl (C=O) groups is 1. The van der Waals surface area contributed by atoms with Crippen LogP contribution in [0.1, 0.15) is 59.3 Å². The molecule has 0 unspecified atom stereocenters. The molecule has 2 amide bonds. The van der Waals surface area contributed by atoms with Gasteiger partial charge in [0.15, 0.2) is 0 Å². The molecule has 0 spiro atoms. The fraction of sp³-hybridized carbons (Fsp3) is 0.929. The molecule has 108 valence electrons. The Kier molecular flexibility index (Phi) is 9.74. The highest BCUT2D eigenvalue weighted by Crippen LogP contribution is 2.29. The zero-order valence-corrected chi connectivity index (χ0v) is 12.2. The lowest BCUT2D eigenvalue weighted by Gasteiger charge is -2.31. The van der Waals surface area contributed by atoms with Crippen molar-refractivity contribution < 1.29 is 9.90 Å². The van der Waals surface area contributed by atoms with E-state index < -0.39 is 0 Å². The van der Waals surface area contributed by atoms with Gasteiger partial charge < -0.3 is 15.7 Å². The quantitative estimate of drug-likeness (QED) is 0.528. The Bertz CT molecular complexity index is 216. The monoisotopic (exact) mass is 258 g/mol. The van der Waals surface area contributed by atoms with Crippen molar-refractivity contribution in [2.45, 2.75) is 59.3 Å². The van der Waals surface area contributed by atoms with Crippen LogP contribution in [-0.4, -0.2) is 30.8 Å². The minimum absolute atomic E-state index is 0.0372. The summed E-state index contributed by atoms with van der Waals surface area (Å²) in [6.45, 7) is 7.93. The minimum atomic E-state index is -0.0877. The van der Waals surface area contributed by atoms with Crippen LogP contribution in [0, 0.1) is 5.41 Å². The number of aliphatic hydroxyl groups is 1. The first kappa shape index (κ1) is 17.2. The van der Waals surface area contributed by atoms with Crippen molar-refractivity contribution in [3.8, 4) is 0 Å². The van der Waals surface area contributed by atoms with Crippen molar-refractivity contribution in [3.05, 3.63) is 0 Å². The van der Waals surface area contributed by atoms with Crippen LogP contribution in [0.15, 0.2) is 0 Å². The summed E-state index contributed by atoms with van der Waals surface area (Å²) in [6.07, 6.45) is 6.04. The van der Waals surface area contributed by atoms with Gasteiger partial charge in [0.25, 0.3) is 0 Å². The lowest BCUT2D eigenvalue weighted by atomic mass is 9.79. The maximum absolute atomic E-state index is 11.6. The maximum Gasteiger partial charge on any atom is 0.314 e. The predicted octanol–water partition coefficient (Wildman–Crippen LogP) is 2.66. The van der Waals surface area contributed by atoms with Gasteiger partial charge in [-0.05, 0) is 31.1 Å². The van der Waals surface area contributed by atoms with E-state index in [1.165, 1.54) is 0 Å². The first-order valence-electron chi connectivity index (χ1n) is 7.26. The number of urea groups is 1. The van der Waals surface area contributed by atoms with Crippen molar-refractivity contribution in [2.75, 3.05) is 19.7 Å². The fourth-order valence-electron chi connectivity index (χ4n) is 2.09. The molecule has 0 saturated heterocycles. The molecule has 0 atom stereocenters. The molecular weight excluding hydrogens is 228 g/mol. The standard InChI is InChI=1S/C14H30N2O2/c1-4-7-8-10-15-13(18)16-12-14(5-2,6-3)9-11-17/h17H,4-12H2,1-3H3,(H2,15,16,18). The Morgan fingerprint density at radius 2 is 1.78 bits per heavy atom. The maximum atomic E-state index is 11.6. The van der Waals surface area contributed by atoms with Crippen LogP contribution in [0.3, 0.4) is 0 Å². The normalized spacial score (nSPS) is 11.3. The van der Waals surface area contributed by atoms with Gasteiger partial charge in [-0.3, -0.25) is 0 Å². The SMILES string of the molecule is CCCCCNC(=O)NCC(CC)(CC)CCO. The van der Waals surface area contributed by atoms with Crippen LogP contribution in [0.25, 0.3) is 0 Å². The molecule has 4 heteroatoms.